The van der Waals surface area contributed by atoms with Crippen molar-refractivity contribution in [1.29, 1.82) is 0 Å². The second-order valence-corrected chi connectivity index (χ2v) is 3.97. The van der Waals surface area contributed by atoms with Crippen molar-refractivity contribution < 1.29 is 26.3 Å². The molecule has 0 nitrogen and oxygen atoms in total. The van der Waals surface area contributed by atoms with Crippen LogP contribution in [0.5, 0.6) is 0 Å². The lowest BCUT2D eigenvalue weighted by molar-refractivity contribution is -0.157. The third-order valence-corrected chi connectivity index (χ3v) is 2.30. The second kappa shape index (κ2) is 2.67. The van der Waals surface area contributed by atoms with Gasteiger partial charge in [0, 0.05) is 11.8 Å². The zero-order chi connectivity index (χ0) is 11.4. The van der Waals surface area contributed by atoms with Gasteiger partial charge in [0.05, 0.1) is 0 Å². The Kier molecular flexibility index (Phi) is 2.17. The molecule has 0 aromatic rings. The second-order valence-electron chi connectivity index (χ2n) is 3.97. The molecule has 0 saturated heterocycles. The Balaban J connectivity index is 3.34. The molecule has 0 bridgehead atoms. The average Bonchev–Trinajstić information content (AvgIpc) is 1.97. The lowest BCUT2D eigenvalue weighted by atomic mass is 9.75. The predicted octanol–water partition coefficient (Wildman–Crippen LogP) is 3.84. The average molecular weight is 218 g/mol. The van der Waals surface area contributed by atoms with E-state index >= 15 is 0 Å². The zero-order valence-electron chi connectivity index (χ0n) is 7.47. The van der Waals surface area contributed by atoms with E-state index in [1.807, 2.05) is 0 Å². The van der Waals surface area contributed by atoms with Crippen LogP contribution in [-0.2, 0) is 0 Å². The number of allylic oxidation sites excluding steroid dienone is 2. The van der Waals surface area contributed by atoms with Gasteiger partial charge in [0.25, 0.3) is 0 Å². The molecule has 0 heterocycles. The van der Waals surface area contributed by atoms with Crippen molar-refractivity contribution in [3.05, 3.63) is 11.7 Å². The summed E-state index contributed by atoms with van der Waals surface area (Å²) in [5, 5.41) is 0. The highest BCUT2D eigenvalue weighted by atomic mass is 19.3. The molecule has 0 aliphatic heterocycles. The number of halogens is 6. The van der Waals surface area contributed by atoms with E-state index < -0.39 is 35.3 Å². The van der Waals surface area contributed by atoms with Crippen LogP contribution in [0.2, 0.25) is 0 Å². The molecule has 0 spiro atoms. The Hall–Kier alpha value is -0.680. The van der Waals surface area contributed by atoms with E-state index in [0.717, 1.165) is 13.8 Å². The summed E-state index contributed by atoms with van der Waals surface area (Å²) in [5.74, 6) is -13.6. The van der Waals surface area contributed by atoms with Crippen LogP contribution in [0.4, 0.5) is 26.3 Å². The van der Waals surface area contributed by atoms with Crippen molar-refractivity contribution in [1.82, 2.24) is 0 Å². The molecule has 0 atom stereocenters. The van der Waals surface area contributed by atoms with E-state index in [-0.39, 0.29) is 0 Å². The minimum Gasteiger partial charge on any atom is -0.202 e. The Bertz CT molecular complexity index is 288. The first-order valence-electron chi connectivity index (χ1n) is 3.84. The van der Waals surface area contributed by atoms with E-state index in [1.54, 1.807) is 0 Å². The van der Waals surface area contributed by atoms with Gasteiger partial charge in [-0.15, -0.1) is 0 Å². The van der Waals surface area contributed by atoms with Gasteiger partial charge < -0.3 is 0 Å². The highest BCUT2D eigenvalue weighted by Crippen LogP contribution is 2.56. The molecule has 82 valence electrons. The van der Waals surface area contributed by atoms with E-state index in [4.69, 9.17) is 0 Å². The summed E-state index contributed by atoms with van der Waals surface area (Å²) in [5.41, 5.74) is -2.30. The Labute approximate surface area is 76.6 Å². The van der Waals surface area contributed by atoms with Gasteiger partial charge in [-0.05, 0) is 0 Å². The molecule has 0 amide bonds. The molecule has 14 heavy (non-hydrogen) atoms. The Morgan fingerprint density at radius 3 is 1.79 bits per heavy atom. The molecule has 0 aromatic heterocycles. The number of alkyl halides is 4. The van der Waals surface area contributed by atoms with E-state index in [0.29, 0.717) is 0 Å². The lowest BCUT2D eigenvalue weighted by Crippen LogP contribution is -2.47. The van der Waals surface area contributed by atoms with Crippen LogP contribution >= 0.6 is 0 Å². The third-order valence-electron chi connectivity index (χ3n) is 2.30. The monoisotopic (exact) mass is 218 g/mol. The molecule has 1 aliphatic rings. The molecule has 0 fully saturated rings. The maximum atomic E-state index is 13.0. The highest BCUT2D eigenvalue weighted by Gasteiger charge is 2.63. The first-order valence-corrected chi connectivity index (χ1v) is 3.84. The zero-order valence-corrected chi connectivity index (χ0v) is 7.47. The summed E-state index contributed by atoms with van der Waals surface area (Å²) in [7, 11) is 0. The van der Waals surface area contributed by atoms with E-state index in [1.165, 1.54) is 0 Å². The molecule has 1 aliphatic carbocycles. The normalized spacial score (nSPS) is 29.1. The van der Waals surface area contributed by atoms with Crippen LogP contribution in [0.25, 0.3) is 0 Å². The molecule has 0 aromatic carbocycles. The standard InChI is InChI=1S/C8H8F6/c1-6(2)3-7(11,12)4(9)5(10)8(6,13)14/h3H2,1-2H3. The summed E-state index contributed by atoms with van der Waals surface area (Å²) < 4.78 is 76.4. The summed E-state index contributed by atoms with van der Waals surface area (Å²) in [6.07, 6.45) is -1.41. The van der Waals surface area contributed by atoms with Gasteiger partial charge >= 0.3 is 11.8 Å². The predicted molar refractivity (Wildman–Crippen MR) is 37.5 cm³/mol. The van der Waals surface area contributed by atoms with Gasteiger partial charge in [0.15, 0.2) is 0 Å². The van der Waals surface area contributed by atoms with Crippen molar-refractivity contribution >= 4 is 0 Å². The summed E-state index contributed by atoms with van der Waals surface area (Å²) in [6.45, 7) is 1.54. The minimum atomic E-state index is -4.18. The molecule has 0 unspecified atom stereocenters. The van der Waals surface area contributed by atoms with Crippen molar-refractivity contribution in [2.75, 3.05) is 0 Å². The van der Waals surface area contributed by atoms with Crippen molar-refractivity contribution in [3.63, 3.8) is 0 Å². The topological polar surface area (TPSA) is 0 Å². The lowest BCUT2D eigenvalue weighted by Gasteiger charge is -2.39. The number of rotatable bonds is 0. The van der Waals surface area contributed by atoms with E-state index in [2.05, 4.69) is 0 Å². The minimum absolute atomic E-state index is 0.771. The highest BCUT2D eigenvalue weighted by molar-refractivity contribution is 5.24. The molecular weight excluding hydrogens is 210 g/mol. The molecule has 0 saturated carbocycles. The fraction of sp³-hybridized carbons (Fsp3) is 0.750. The van der Waals surface area contributed by atoms with Gasteiger partial charge in [-0.2, -0.15) is 17.6 Å². The number of hydrogen-bond donors (Lipinski definition) is 0. The quantitative estimate of drug-likeness (QED) is 0.542. The first kappa shape index (κ1) is 11.4. The van der Waals surface area contributed by atoms with Crippen LogP contribution in [0, 0.1) is 5.41 Å². The first-order chi connectivity index (χ1) is 6.02. The van der Waals surface area contributed by atoms with Gasteiger partial charge in [-0.3, -0.25) is 0 Å². The summed E-state index contributed by atoms with van der Waals surface area (Å²) in [6, 6.07) is 0. The molecule has 1 rings (SSSR count). The largest absolute Gasteiger partial charge is 0.306 e. The van der Waals surface area contributed by atoms with Crippen LogP contribution < -0.4 is 0 Å². The van der Waals surface area contributed by atoms with Gasteiger partial charge in [-0.1, -0.05) is 13.8 Å². The van der Waals surface area contributed by atoms with Crippen molar-refractivity contribution in [2.45, 2.75) is 32.1 Å². The summed E-state index contributed by atoms with van der Waals surface area (Å²) in [4.78, 5) is 0. The maximum absolute atomic E-state index is 13.0. The van der Waals surface area contributed by atoms with Gasteiger partial charge in [0.2, 0.25) is 11.7 Å². The molecule has 6 heteroatoms. The molecular formula is C8H8F6. The van der Waals surface area contributed by atoms with Crippen molar-refractivity contribution in [3.8, 4) is 0 Å². The van der Waals surface area contributed by atoms with E-state index in [9.17, 15) is 26.3 Å². The van der Waals surface area contributed by atoms with Crippen LogP contribution in [-0.4, -0.2) is 11.8 Å². The maximum Gasteiger partial charge on any atom is 0.306 e. The van der Waals surface area contributed by atoms with Crippen LogP contribution in [0.1, 0.15) is 20.3 Å². The molecule has 0 radical (unpaired) electrons. The summed E-state index contributed by atoms with van der Waals surface area (Å²) >= 11 is 0. The van der Waals surface area contributed by atoms with Crippen LogP contribution in [0.15, 0.2) is 11.7 Å². The fourth-order valence-electron chi connectivity index (χ4n) is 1.34. The van der Waals surface area contributed by atoms with Crippen molar-refractivity contribution in [2.24, 2.45) is 5.41 Å². The van der Waals surface area contributed by atoms with Gasteiger partial charge in [-0.25, -0.2) is 8.78 Å². The fourth-order valence-corrected chi connectivity index (χ4v) is 1.34. The number of hydrogen-bond acceptors (Lipinski definition) is 0. The smallest absolute Gasteiger partial charge is 0.202 e. The Morgan fingerprint density at radius 1 is 0.929 bits per heavy atom. The Morgan fingerprint density at radius 2 is 1.36 bits per heavy atom. The third kappa shape index (κ3) is 1.31. The molecule has 0 N–H and O–H groups in total. The van der Waals surface area contributed by atoms with Crippen LogP contribution in [0.3, 0.4) is 0 Å². The SMILES string of the molecule is CC1(C)CC(F)(F)C(F)=C(F)C1(F)F. The van der Waals surface area contributed by atoms with Gasteiger partial charge in [0.1, 0.15) is 0 Å².